The van der Waals surface area contributed by atoms with Crippen LogP contribution < -0.4 is 10.6 Å². The van der Waals surface area contributed by atoms with E-state index in [-0.39, 0.29) is 11.4 Å². The maximum Gasteiger partial charge on any atom is 0.271 e. The van der Waals surface area contributed by atoms with Gasteiger partial charge in [0.2, 0.25) is 0 Å². The third-order valence-electron chi connectivity index (χ3n) is 3.26. The Kier molecular flexibility index (Phi) is 3.26. The van der Waals surface area contributed by atoms with Crippen molar-refractivity contribution >= 4 is 11.7 Å². The number of rotatable bonds is 3. The molecule has 0 aliphatic heterocycles. The van der Waals surface area contributed by atoms with E-state index < -0.39 is 0 Å². The van der Waals surface area contributed by atoms with Crippen LogP contribution in [0.3, 0.4) is 0 Å². The van der Waals surface area contributed by atoms with Crippen LogP contribution in [0.1, 0.15) is 43.1 Å². The Balaban J connectivity index is 2.03. The third-order valence-corrected chi connectivity index (χ3v) is 3.26. The van der Waals surface area contributed by atoms with Gasteiger partial charge < -0.3 is 10.6 Å². The first-order valence-electron chi connectivity index (χ1n) is 5.95. The zero-order valence-electron chi connectivity index (χ0n) is 10.3. The number of hydrogen-bond donors (Lipinski definition) is 2. The summed E-state index contributed by atoms with van der Waals surface area (Å²) in [6.07, 6.45) is 7.51. The molecule has 17 heavy (non-hydrogen) atoms. The van der Waals surface area contributed by atoms with Crippen molar-refractivity contribution in [1.29, 1.82) is 0 Å². The Bertz CT molecular complexity index is 395. The maximum absolute atomic E-state index is 12.0. The molecule has 1 amide bonds. The molecular formula is C12H18N4O. The molecule has 1 aliphatic carbocycles. The molecule has 92 valence electrons. The molecule has 5 heteroatoms. The van der Waals surface area contributed by atoms with Crippen molar-refractivity contribution in [3.63, 3.8) is 0 Å². The van der Waals surface area contributed by atoms with E-state index in [4.69, 9.17) is 0 Å². The highest BCUT2D eigenvalue weighted by atomic mass is 16.2. The lowest BCUT2D eigenvalue weighted by Gasteiger charge is -2.24. The van der Waals surface area contributed by atoms with Crippen LogP contribution >= 0.6 is 0 Å². The first-order valence-corrected chi connectivity index (χ1v) is 5.95. The largest absolute Gasteiger partial charge is 0.372 e. The van der Waals surface area contributed by atoms with Crippen LogP contribution in [-0.4, -0.2) is 28.5 Å². The Morgan fingerprint density at radius 3 is 2.53 bits per heavy atom. The molecule has 1 saturated carbocycles. The van der Waals surface area contributed by atoms with Crippen molar-refractivity contribution in [1.82, 2.24) is 15.3 Å². The van der Waals surface area contributed by atoms with Gasteiger partial charge in [-0.2, -0.15) is 0 Å². The second kappa shape index (κ2) is 4.69. The van der Waals surface area contributed by atoms with E-state index in [9.17, 15) is 4.79 Å². The van der Waals surface area contributed by atoms with Gasteiger partial charge in [0.05, 0.1) is 12.4 Å². The number of aromatic nitrogens is 2. The molecule has 0 atom stereocenters. The first kappa shape index (κ1) is 11.8. The number of nitrogens with one attached hydrogen (secondary N) is 2. The SMILES string of the molecule is CNc1cnc(C(=O)NC2(C)CCCC2)cn1. The van der Waals surface area contributed by atoms with Gasteiger partial charge in [-0.25, -0.2) is 9.97 Å². The fourth-order valence-corrected chi connectivity index (χ4v) is 2.19. The molecule has 0 unspecified atom stereocenters. The number of anilines is 1. The smallest absolute Gasteiger partial charge is 0.271 e. The van der Waals surface area contributed by atoms with Crippen LogP contribution in [0.15, 0.2) is 12.4 Å². The van der Waals surface area contributed by atoms with Gasteiger partial charge in [-0.15, -0.1) is 0 Å². The average molecular weight is 234 g/mol. The highest BCUT2D eigenvalue weighted by molar-refractivity contribution is 5.92. The number of carbonyl (C=O) groups excluding carboxylic acids is 1. The van der Waals surface area contributed by atoms with Gasteiger partial charge in [-0.3, -0.25) is 4.79 Å². The molecular weight excluding hydrogens is 216 g/mol. The maximum atomic E-state index is 12.0. The summed E-state index contributed by atoms with van der Waals surface area (Å²) in [6.45, 7) is 2.09. The Morgan fingerprint density at radius 1 is 1.29 bits per heavy atom. The number of carbonyl (C=O) groups is 1. The monoisotopic (exact) mass is 234 g/mol. The fourth-order valence-electron chi connectivity index (χ4n) is 2.19. The van der Waals surface area contributed by atoms with Crippen LogP contribution in [0.4, 0.5) is 5.82 Å². The molecule has 1 aliphatic rings. The van der Waals surface area contributed by atoms with E-state index in [1.54, 1.807) is 13.2 Å². The van der Waals surface area contributed by atoms with Crippen LogP contribution in [-0.2, 0) is 0 Å². The van der Waals surface area contributed by atoms with E-state index in [1.165, 1.54) is 19.0 Å². The number of nitrogens with zero attached hydrogens (tertiary/aromatic N) is 2. The molecule has 0 bridgehead atoms. The molecule has 1 aromatic rings. The molecule has 0 radical (unpaired) electrons. The summed E-state index contributed by atoms with van der Waals surface area (Å²) in [6, 6.07) is 0. The summed E-state index contributed by atoms with van der Waals surface area (Å²) in [5.74, 6) is 0.526. The van der Waals surface area contributed by atoms with Crippen LogP contribution in [0.5, 0.6) is 0 Å². The zero-order valence-corrected chi connectivity index (χ0v) is 10.3. The summed E-state index contributed by atoms with van der Waals surface area (Å²) in [5.41, 5.74) is 0.303. The van der Waals surface area contributed by atoms with Gasteiger partial charge >= 0.3 is 0 Å². The lowest BCUT2D eigenvalue weighted by molar-refractivity contribution is 0.0902. The zero-order chi connectivity index (χ0) is 12.3. The Morgan fingerprint density at radius 2 is 2.00 bits per heavy atom. The summed E-state index contributed by atoms with van der Waals surface area (Å²) >= 11 is 0. The second-order valence-corrected chi connectivity index (χ2v) is 4.76. The minimum Gasteiger partial charge on any atom is -0.372 e. The predicted octanol–water partition coefficient (Wildman–Crippen LogP) is 1.58. The van der Waals surface area contributed by atoms with Gasteiger partial charge in [-0.1, -0.05) is 12.8 Å². The van der Waals surface area contributed by atoms with Crippen molar-refractivity contribution in [3.8, 4) is 0 Å². The van der Waals surface area contributed by atoms with Crippen LogP contribution in [0, 0.1) is 0 Å². The van der Waals surface area contributed by atoms with Gasteiger partial charge in [-0.05, 0) is 19.8 Å². The van der Waals surface area contributed by atoms with E-state index in [0.29, 0.717) is 11.5 Å². The predicted molar refractivity (Wildman–Crippen MR) is 65.9 cm³/mol. The summed E-state index contributed by atoms with van der Waals surface area (Å²) in [4.78, 5) is 20.1. The molecule has 0 spiro atoms. The van der Waals surface area contributed by atoms with Gasteiger partial charge in [0.1, 0.15) is 11.5 Å². The highest BCUT2D eigenvalue weighted by Crippen LogP contribution is 2.28. The van der Waals surface area contributed by atoms with Gasteiger partial charge in [0.25, 0.3) is 5.91 Å². The topological polar surface area (TPSA) is 66.9 Å². The minimum atomic E-state index is -0.135. The second-order valence-electron chi connectivity index (χ2n) is 4.76. The van der Waals surface area contributed by atoms with E-state index in [2.05, 4.69) is 27.5 Å². The molecule has 2 N–H and O–H groups in total. The number of hydrogen-bond acceptors (Lipinski definition) is 4. The number of amides is 1. The fraction of sp³-hybridized carbons (Fsp3) is 0.583. The lowest BCUT2D eigenvalue weighted by atomic mass is 10.0. The molecule has 1 fully saturated rings. The third kappa shape index (κ3) is 2.72. The molecule has 0 saturated heterocycles. The molecule has 1 heterocycles. The van der Waals surface area contributed by atoms with Crippen LogP contribution in [0.2, 0.25) is 0 Å². The first-order chi connectivity index (χ1) is 8.13. The quantitative estimate of drug-likeness (QED) is 0.833. The summed E-state index contributed by atoms with van der Waals surface area (Å²) < 4.78 is 0. The minimum absolute atomic E-state index is 0.0690. The van der Waals surface area contributed by atoms with E-state index in [1.807, 2.05) is 0 Å². The van der Waals surface area contributed by atoms with Crippen molar-refractivity contribution < 1.29 is 4.79 Å². The molecule has 5 nitrogen and oxygen atoms in total. The Hall–Kier alpha value is -1.65. The van der Waals surface area contributed by atoms with Crippen molar-refractivity contribution in [3.05, 3.63) is 18.1 Å². The molecule has 2 rings (SSSR count). The lowest BCUT2D eigenvalue weighted by Crippen LogP contribution is -2.43. The van der Waals surface area contributed by atoms with Crippen molar-refractivity contribution in [2.45, 2.75) is 38.1 Å². The normalized spacial score (nSPS) is 17.8. The van der Waals surface area contributed by atoms with E-state index >= 15 is 0 Å². The molecule has 1 aromatic heterocycles. The van der Waals surface area contributed by atoms with E-state index in [0.717, 1.165) is 12.8 Å². The average Bonchev–Trinajstić information content (AvgIpc) is 2.76. The highest BCUT2D eigenvalue weighted by Gasteiger charge is 2.30. The summed E-state index contributed by atoms with van der Waals surface area (Å²) in [7, 11) is 1.77. The van der Waals surface area contributed by atoms with Gasteiger partial charge in [0.15, 0.2) is 0 Å². The van der Waals surface area contributed by atoms with Gasteiger partial charge in [0, 0.05) is 12.6 Å². The standard InChI is InChI=1S/C12H18N4O/c1-12(5-3-4-6-12)16-11(17)9-7-15-10(13-2)8-14-9/h7-8H,3-6H2,1-2H3,(H,13,15)(H,16,17). The summed E-state index contributed by atoms with van der Waals surface area (Å²) in [5, 5.41) is 5.92. The van der Waals surface area contributed by atoms with Crippen molar-refractivity contribution in [2.75, 3.05) is 12.4 Å². The van der Waals surface area contributed by atoms with Crippen LogP contribution in [0.25, 0.3) is 0 Å². The Labute approximate surface area is 101 Å². The van der Waals surface area contributed by atoms with Crippen molar-refractivity contribution in [2.24, 2.45) is 0 Å². The molecule has 0 aromatic carbocycles.